The molecule has 2 rings (SSSR count). The van der Waals surface area contributed by atoms with Crippen molar-refractivity contribution in [3.8, 4) is 0 Å². The summed E-state index contributed by atoms with van der Waals surface area (Å²) in [5.41, 5.74) is 4.94. The third-order valence-electron chi connectivity index (χ3n) is 3.09. The molecule has 0 bridgehead atoms. The van der Waals surface area contributed by atoms with E-state index in [0.29, 0.717) is 0 Å². The number of pyridine rings is 1. The summed E-state index contributed by atoms with van der Waals surface area (Å²) in [7, 11) is 0. The van der Waals surface area contributed by atoms with Gasteiger partial charge in [-0.25, -0.2) is 8.78 Å². The molecule has 0 spiro atoms. The van der Waals surface area contributed by atoms with E-state index in [1.54, 1.807) is 0 Å². The maximum absolute atomic E-state index is 13.7. The van der Waals surface area contributed by atoms with E-state index in [4.69, 9.17) is 5.73 Å². The molecule has 1 amide bonds. The summed E-state index contributed by atoms with van der Waals surface area (Å²) >= 11 is 0. The highest BCUT2D eigenvalue weighted by Gasteiger charge is 2.42. The van der Waals surface area contributed by atoms with Gasteiger partial charge in [-0.3, -0.25) is 4.79 Å². The number of carbonyl (C=O) groups excluding carboxylic acids is 1. The van der Waals surface area contributed by atoms with Gasteiger partial charge >= 0.3 is 5.91 Å². The summed E-state index contributed by atoms with van der Waals surface area (Å²) in [6.07, 6.45) is 0.760. The lowest BCUT2D eigenvalue weighted by Crippen LogP contribution is -2.44. The first kappa shape index (κ1) is 12.7. The molecular formula is C11H13F2N3O2. The fraction of sp³-hybridized carbons (Fsp3) is 0.455. The summed E-state index contributed by atoms with van der Waals surface area (Å²) < 4.78 is 27.8. The fourth-order valence-corrected chi connectivity index (χ4v) is 2.09. The Balaban J connectivity index is 2.38. The van der Waals surface area contributed by atoms with Crippen LogP contribution in [0.3, 0.4) is 0 Å². The van der Waals surface area contributed by atoms with Gasteiger partial charge in [-0.2, -0.15) is 4.73 Å². The summed E-state index contributed by atoms with van der Waals surface area (Å²) in [6, 6.07) is 2.44. The van der Waals surface area contributed by atoms with Crippen LogP contribution in [0.15, 0.2) is 18.3 Å². The van der Waals surface area contributed by atoms with Crippen LogP contribution in [0, 0.1) is 5.21 Å². The van der Waals surface area contributed by atoms with Gasteiger partial charge in [0.1, 0.15) is 0 Å². The highest BCUT2D eigenvalue weighted by atomic mass is 19.3. The Labute approximate surface area is 102 Å². The predicted octanol–water partition coefficient (Wildman–Crippen LogP) is 0.131. The van der Waals surface area contributed by atoms with Crippen molar-refractivity contribution in [1.82, 2.24) is 5.32 Å². The highest BCUT2D eigenvalue weighted by Crippen LogP contribution is 2.37. The van der Waals surface area contributed by atoms with Crippen LogP contribution in [-0.4, -0.2) is 24.9 Å². The van der Waals surface area contributed by atoms with Crippen molar-refractivity contribution in [1.29, 1.82) is 0 Å². The molecule has 5 nitrogen and oxygen atoms in total. The van der Waals surface area contributed by atoms with E-state index in [9.17, 15) is 18.8 Å². The number of nitrogens with two attached hydrogens (primary N) is 1. The molecule has 3 N–H and O–H groups in total. The largest absolute Gasteiger partial charge is 0.618 e. The molecule has 0 saturated carbocycles. The second kappa shape index (κ2) is 4.49. The van der Waals surface area contributed by atoms with Gasteiger partial charge in [0.2, 0.25) is 0 Å². The van der Waals surface area contributed by atoms with Crippen LogP contribution in [0.5, 0.6) is 0 Å². The molecule has 7 heteroatoms. The molecular weight excluding hydrogens is 244 g/mol. The lowest BCUT2D eigenvalue weighted by molar-refractivity contribution is -0.607. The number of alkyl halides is 2. The van der Waals surface area contributed by atoms with Crippen molar-refractivity contribution < 1.29 is 18.3 Å². The Hall–Kier alpha value is -1.76. The van der Waals surface area contributed by atoms with E-state index in [2.05, 4.69) is 5.32 Å². The van der Waals surface area contributed by atoms with Crippen LogP contribution in [0.1, 0.15) is 28.4 Å². The summed E-state index contributed by atoms with van der Waals surface area (Å²) in [5.74, 6) is -4.83. The van der Waals surface area contributed by atoms with E-state index in [0.717, 1.165) is 12.3 Å². The lowest BCUT2D eigenvalue weighted by atomic mass is 9.88. The third-order valence-corrected chi connectivity index (χ3v) is 3.09. The van der Waals surface area contributed by atoms with E-state index < -0.39 is 17.7 Å². The number of nitrogens with one attached hydrogen (secondary N) is 1. The van der Waals surface area contributed by atoms with Crippen molar-refractivity contribution in [2.75, 3.05) is 13.1 Å². The fourth-order valence-electron chi connectivity index (χ4n) is 2.09. The minimum Gasteiger partial charge on any atom is -0.618 e. The molecule has 1 fully saturated rings. The number of nitrogens with zero attached hydrogens (tertiary/aromatic N) is 1. The Morgan fingerprint density at radius 2 is 2.33 bits per heavy atom. The first-order valence-corrected chi connectivity index (χ1v) is 5.53. The van der Waals surface area contributed by atoms with Gasteiger partial charge < -0.3 is 16.3 Å². The normalized spacial score (nSPS) is 22.7. The summed E-state index contributed by atoms with van der Waals surface area (Å²) in [5, 5.41) is 14.1. The zero-order valence-corrected chi connectivity index (χ0v) is 9.53. The Bertz CT molecular complexity index is 479. The summed E-state index contributed by atoms with van der Waals surface area (Å²) in [4.78, 5) is 11.0. The second-order valence-electron chi connectivity index (χ2n) is 4.30. The Morgan fingerprint density at radius 3 is 2.94 bits per heavy atom. The van der Waals surface area contributed by atoms with Crippen LogP contribution in [0.2, 0.25) is 0 Å². The second-order valence-corrected chi connectivity index (χ2v) is 4.30. The average Bonchev–Trinajstić information content (AvgIpc) is 2.29. The SMILES string of the molecule is NC(=O)c1cc(C2CNCCC2(F)F)cc[n+]1[O-]. The topological polar surface area (TPSA) is 82.1 Å². The van der Waals surface area contributed by atoms with Crippen LogP contribution in [0.25, 0.3) is 0 Å². The molecule has 1 aliphatic rings. The van der Waals surface area contributed by atoms with Crippen molar-refractivity contribution in [3.63, 3.8) is 0 Å². The number of amides is 1. The van der Waals surface area contributed by atoms with E-state index in [1.807, 2.05) is 0 Å². The monoisotopic (exact) mass is 257 g/mol. The molecule has 1 aliphatic heterocycles. The van der Waals surface area contributed by atoms with Crippen LogP contribution in [0.4, 0.5) is 8.78 Å². The molecule has 1 aromatic rings. The van der Waals surface area contributed by atoms with Crippen LogP contribution >= 0.6 is 0 Å². The number of carbonyl (C=O) groups is 1. The smallest absolute Gasteiger partial charge is 0.314 e. The number of aromatic nitrogens is 1. The third kappa shape index (κ3) is 2.26. The maximum Gasteiger partial charge on any atom is 0.314 e. The van der Waals surface area contributed by atoms with Crippen LogP contribution < -0.4 is 15.8 Å². The molecule has 0 aliphatic carbocycles. The highest BCUT2D eigenvalue weighted by molar-refractivity contribution is 5.89. The number of primary amides is 1. The lowest BCUT2D eigenvalue weighted by Gasteiger charge is -2.32. The molecule has 1 aromatic heterocycles. The first-order valence-electron chi connectivity index (χ1n) is 5.53. The first-order chi connectivity index (χ1) is 8.42. The zero-order valence-electron chi connectivity index (χ0n) is 9.53. The molecule has 1 atom stereocenters. The predicted molar refractivity (Wildman–Crippen MR) is 59.1 cm³/mol. The minimum absolute atomic E-state index is 0.105. The van der Waals surface area contributed by atoms with Gasteiger partial charge in [0.25, 0.3) is 11.6 Å². The van der Waals surface area contributed by atoms with E-state index in [1.165, 1.54) is 6.07 Å². The number of hydrogen-bond acceptors (Lipinski definition) is 3. The number of hydrogen-bond donors (Lipinski definition) is 2. The molecule has 1 saturated heterocycles. The maximum atomic E-state index is 13.7. The zero-order chi connectivity index (χ0) is 13.3. The van der Waals surface area contributed by atoms with Gasteiger partial charge in [0.15, 0.2) is 6.20 Å². The Kier molecular flexibility index (Phi) is 3.16. The van der Waals surface area contributed by atoms with Crippen molar-refractivity contribution in [2.24, 2.45) is 5.73 Å². The van der Waals surface area contributed by atoms with Gasteiger partial charge in [-0.05, 0) is 5.56 Å². The van der Waals surface area contributed by atoms with Gasteiger partial charge in [0.05, 0.1) is 5.92 Å². The Morgan fingerprint density at radius 1 is 1.61 bits per heavy atom. The molecule has 18 heavy (non-hydrogen) atoms. The quantitative estimate of drug-likeness (QED) is 0.583. The van der Waals surface area contributed by atoms with E-state index >= 15 is 0 Å². The van der Waals surface area contributed by atoms with Crippen molar-refractivity contribution in [3.05, 3.63) is 34.8 Å². The van der Waals surface area contributed by atoms with Crippen molar-refractivity contribution >= 4 is 5.91 Å². The molecule has 0 radical (unpaired) electrons. The summed E-state index contributed by atoms with van der Waals surface area (Å²) in [6.45, 7) is 0.356. The number of piperidine rings is 1. The standard InChI is InChI=1S/C11H13F2N3O2/c12-11(13)2-3-15-6-8(11)7-1-4-16(18)9(5-7)10(14)17/h1,4-5,8,15H,2-3,6H2,(H2,14,17). The van der Waals surface area contributed by atoms with Crippen molar-refractivity contribution in [2.45, 2.75) is 18.3 Å². The molecule has 2 heterocycles. The van der Waals surface area contributed by atoms with Gasteiger partial charge in [-0.15, -0.1) is 0 Å². The average molecular weight is 257 g/mol. The van der Waals surface area contributed by atoms with Gasteiger partial charge in [0, 0.05) is 31.6 Å². The van der Waals surface area contributed by atoms with Gasteiger partial charge in [-0.1, -0.05) is 0 Å². The molecule has 98 valence electrons. The molecule has 0 aromatic carbocycles. The van der Waals surface area contributed by atoms with E-state index in [-0.39, 0.29) is 35.5 Å². The van der Waals surface area contributed by atoms with Crippen LogP contribution in [-0.2, 0) is 0 Å². The minimum atomic E-state index is -2.85. The number of rotatable bonds is 2. The molecule has 1 unspecified atom stereocenters. The number of halogens is 2.